The van der Waals surface area contributed by atoms with Gasteiger partial charge in [0.1, 0.15) is 5.82 Å². The molecule has 1 aliphatic rings. The van der Waals surface area contributed by atoms with Crippen molar-refractivity contribution in [3.05, 3.63) is 69.5 Å². The summed E-state index contributed by atoms with van der Waals surface area (Å²) in [4.78, 5) is 6.89. The zero-order valence-corrected chi connectivity index (χ0v) is 20.0. The minimum Gasteiger partial charge on any atom is -0.321 e. The molecule has 0 radical (unpaired) electrons. The Bertz CT molecular complexity index is 1120. The van der Waals surface area contributed by atoms with Crippen LogP contribution in [0.1, 0.15) is 49.2 Å². The van der Waals surface area contributed by atoms with Crippen molar-refractivity contribution in [1.29, 1.82) is 0 Å². The van der Waals surface area contributed by atoms with E-state index >= 15 is 0 Å². The fourth-order valence-corrected chi connectivity index (χ4v) is 4.81. The predicted molar refractivity (Wildman–Crippen MR) is 128 cm³/mol. The number of nitrogens with one attached hydrogen (secondary N) is 2. The number of piperidine rings is 1. The first-order valence-corrected chi connectivity index (χ1v) is 11.9. The van der Waals surface area contributed by atoms with E-state index in [-0.39, 0.29) is 22.5 Å². The van der Waals surface area contributed by atoms with Gasteiger partial charge in [0, 0.05) is 35.6 Å². The smallest absolute Gasteiger partial charge is 0.169 e. The van der Waals surface area contributed by atoms with E-state index in [1.165, 1.54) is 0 Å². The van der Waals surface area contributed by atoms with E-state index in [1.807, 2.05) is 26.0 Å². The molecule has 1 unspecified atom stereocenters. The highest BCUT2D eigenvalue weighted by Gasteiger charge is 2.27. The molecule has 0 bridgehead atoms. The maximum absolute atomic E-state index is 14.9. The normalized spacial score (nSPS) is 19.1. The Hall–Kier alpha value is -2.51. The first-order chi connectivity index (χ1) is 15.8. The van der Waals surface area contributed by atoms with Crippen LogP contribution in [-0.2, 0) is 19.4 Å². The molecule has 1 aromatic carbocycles. The summed E-state index contributed by atoms with van der Waals surface area (Å²) in [6, 6.07) is 9.17. The number of aromatic amines is 1. The molecule has 2 atom stereocenters. The van der Waals surface area contributed by atoms with E-state index in [2.05, 4.69) is 32.3 Å². The van der Waals surface area contributed by atoms with Gasteiger partial charge in [0.25, 0.3) is 0 Å². The molecule has 0 amide bonds. The van der Waals surface area contributed by atoms with E-state index in [0.717, 1.165) is 37.2 Å². The predicted octanol–water partition coefficient (Wildman–Crippen LogP) is 6.19. The summed E-state index contributed by atoms with van der Waals surface area (Å²) in [6.07, 6.45) is 3.33. The van der Waals surface area contributed by atoms with Crippen LogP contribution in [0.5, 0.6) is 0 Å². The molecule has 5 nitrogen and oxygen atoms in total. The van der Waals surface area contributed by atoms with Crippen LogP contribution in [0.15, 0.2) is 30.3 Å². The molecule has 0 saturated carbocycles. The van der Waals surface area contributed by atoms with Crippen molar-refractivity contribution in [3.8, 4) is 0 Å². The van der Waals surface area contributed by atoms with Gasteiger partial charge >= 0.3 is 0 Å². The summed E-state index contributed by atoms with van der Waals surface area (Å²) < 4.78 is 29.2. The monoisotopic (exact) mass is 473 g/mol. The zero-order valence-electron chi connectivity index (χ0n) is 19.3. The Kier molecular flexibility index (Phi) is 7.29. The van der Waals surface area contributed by atoms with Gasteiger partial charge in [-0.05, 0) is 69.7 Å². The molecule has 3 heterocycles. The number of aromatic nitrogens is 3. The third-order valence-electron chi connectivity index (χ3n) is 6.44. The summed E-state index contributed by atoms with van der Waals surface area (Å²) in [6.45, 7) is 7.44. The number of nitrogens with zero attached hydrogens (tertiary/aromatic N) is 3. The number of anilines is 2. The number of hydrogen-bond donors (Lipinski definition) is 2. The van der Waals surface area contributed by atoms with Crippen molar-refractivity contribution in [2.24, 2.45) is 5.92 Å². The van der Waals surface area contributed by atoms with Crippen LogP contribution in [0.2, 0.25) is 5.02 Å². The van der Waals surface area contributed by atoms with Crippen LogP contribution in [-0.4, -0.2) is 32.7 Å². The Balaban J connectivity index is 1.44. The van der Waals surface area contributed by atoms with Gasteiger partial charge in [0.2, 0.25) is 0 Å². The van der Waals surface area contributed by atoms with Crippen LogP contribution in [0.4, 0.5) is 20.4 Å². The molecular weight excluding hydrogens is 444 g/mol. The number of H-pyrrole nitrogens is 1. The SMILES string of the molecule is CCc1cc(CC2CCN(Cc3cccc(Cl)c3F)[C@H](C)C2)nc(Nc2cc(C)[nH]n2)c1F. The van der Waals surface area contributed by atoms with E-state index in [4.69, 9.17) is 11.6 Å². The summed E-state index contributed by atoms with van der Waals surface area (Å²) >= 11 is 5.94. The average molecular weight is 474 g/mol. The van der Waals surface area contributed by atoms with Crippen molar-refractivity contribution in [1.82, 2.24) is 20.1 Å². The molecule has 176 valence electrons. The van der Waals surface area contributed by atoms with E-state index in [9.17, 15) is 8.78 Å². The summed E-state index contributed by atoms with van der Waals surface area (Å²) in [7, 11) is 0. The van der Waals surface area contributed by atoms with Gasteiger partial charge in [-0.25, -0.2) is 13.8 Å². The highest BCUT2D eigenvalue weighted by atomic mass is 35.5. The lowest BCUT2D eigenvalue weighted by Crippen LogP contribution is -2.40. The van der Waals surface area contributed by atoms with E-state index < -0.39 is 0 Å². The van der Waals surface area contributed by atoms with Crippen molar-refractivity contribution >= 4 is 23.2 Å². The van der Waals surface area contributed by atoms with Gasteiger partial charge in [-0.3, -0.25) is 10.00 Å². The number of halogens is 3. The lowest BCUT2D eigenvalue weighted by molar-refractivity contribution is 0.114. The first kappa shape index (κ1) is 23.6. The average Bonchev–Trinajstić information content (AvgIpc) is 3.19. The molecule has 1 aliphatic heterocycles. The third-order valence-corrected chi connectivity index (χ3v) is 6.74. The molecule has 8 heteroatoms. The summed E-state index contributed by atoms with van der Waals surface area (Å²) in [5.41, 5.74) is 3.05. The van der Waals surface area contributed by atoms with Crippen molar-refractivity contribution in [2.75, 3.05) is 11.9 Å². The third kappa shape index (κ3) is 5.53. The van der Waals surface area contributed by atoms with Crippen LogP contribution in [0.25, 0.3) is 0 Å². The summed E-state index contributed by atoms with van der Waals surface area (Å²) in [5.74, 6) is 0.548. The standard InChI is InChI=1S/C25H30ClF2N5/c1-4-18-13-20(29-25(24(18)28)30-22-10-15(2)31-32-22)12-17-8-9-33(16(3)11-17)14-19-6-5-7-21(26)23(19)27/h5-7,10,13,16-17H,4,8-9,11-12,14H2,1-3H3,(H2,29,30,31,32)/t16-,17?/m1/s1. The Morgan fingerprint density at radius 3 is 2.73 bits per heavy atom. The van der Waals surface area contributed by atoms with E-state index in [1.54, 1.807) is 18.2 Å². The minimum atomic E-state index is -0.330. The van der Waals surface area contributed by atoms with Gasteiger partial charge < -0.3 is 5.32 Å². The minimum absolute atomic E-state index is 0.165. The lowest BCUT2D eigenvalue weighted by Gasteiger charge is -2.38. The number of pyridine rings is 1. The zero-order chi connectivity index (χ0) is 23.5. The van der Waals surface area contributed by atoms with Crippen molar-refractivity contribution in [3.63, 3.8) is 0 Å². The lowest BCUT2D eigenvalue weighted by atomic mass is 9.87. The molecule has 4 rings (SSSR count). The molecule has 0 spiro atoms. The van der Waals surface area contributed by atoms with Crippen LogP contribution in [0, 0.1) is 24.5 Å². The highest BCUT2D eigenvalue weighted by molar-refractivity contribution is 6.30. The molecule has 1 saturated heterocycles. The molecule has 1 fully saturated rings. The number of likely N-dealkylation sites (tertiary alicyclic amines) is 1. The number of aryl methyl sites for hydroxylation is 2. The van der Waals surface area contributed by atoms with Crippen LogP contribution < -0.4 is 5.32 Å². The Morgan fingerprint density at radius 2 is 2.03 bits per heavy atom. The topological polar surface area (TPSA) is 56.8 Å². The maximum Gasteiger partial charge on any atom is 0.169 e. The molecule has 2 N–H and O–H groups in total. The van der Waals surface area contributed by atoms with Crippen LogP contribution in [0.3, 0.4) is 0 Å². The van der Waals surface area contributed by atoms with Gasteiger partial charge in [-0.2, -0.15) is 5.10 Å². The Morgan fingerprint density at radius 1 is 1.21 bits per heavy atom. The van der Waals surface area contributed by atoms with Crippen molar-refractivity contribution < 1.29 is 8.78 Å². The quantitative estimate of drug-likeness (QED) is 0.429. The van der Waals surface area contributed by atoms with Gasteiger partial charge in [-0.15, -0.1) is 0 Å². The number of rotatable bonds is 7. The van der Waals surface area contributed by atoms with E-state index in [0.29, 0.717) is 41.9 Å². The molecule has 3 aromatic rings. The molecule has 33 heavy (non-hydrogen) atoms. The van der Waals surface area contributed by atoms with Crippen LogP contribution >= 0.6 is 11.6 Å². The van der Waals surface area contributed by atoms with Gasteiger partial charge in [0.15, 0.2) is 17.5 Å². The number of benzene rings is 1. The fourth-order valence-electron chi connectivity index (χ4n) is 4.61. The van der Waals surface area contributed by atoms with Gasteiger partial charge in [-0.1, -0.05) is 30.7 Å². The maximum atomic E-state index is 14.9. The number of hydrogen-bond acceptors (Lipinski definition) is 4. The first-order valence-electron chi connectivity index (χ1n) is 11.5. The molecular formula is C25H30ClF2N5. The fraction of sp³-hybridized carbons (Fsp3) is 0.440. The second-order valence-corrected chi connectivity index (χ2v) is 9.38. The van der Waals surface area contributed by atoms with Crippen molar-refractivity contribution in [2.45, 2.75) is 59.0 Å². The summed E-state index contributed by atoms with van der Waals surface area (Å²) in [5, 5.41) is 10.2. The second kappa shape index (κ2) is 10.2. The molecule has 0 aliphatic carbocycles. The largest absolute Gasteiger partial charge is 0.321 e. The molecule has 2 aromatic heterocycles. The van der Waals surface area contributed by atoms with Gasteiger partial charge in [0.05, 0.1) is 5.02 Å². The highest BCUT2D eigenvalue weighted by Crippen LogP contribution is 2.30. The Labute approximate surface area is 198 Å². The second-order valence-electron chi connectivity index (χ2n) is 8.98.